The van der Waals surface area contributed by atoms with Crippen LogP contribution in [0.4, 0.5) is 8.78 Å². The Kier molecular flexibility index (Phi) is 6.82. The number of amides is 1. The summed E-state index contributed by atoms with van der Waals surface area (Å²) in [6.07, 6.45) is 2.04. The molecule has 0 radical (unpaired) electrons. The molecule has 3 aromatic rings. The van der Waals surface area contributed by atoms with Crippen molar-refractivity contribution in [2.75, 3.05) is 0 Å². The zero-order valence-electron chi connectivity index (χ0n) is 15.6. The monoisotopic (exact) mass is 420 g/mol. The lowest BCUT2D eigenvalue weighted by Crippen LogP contribution is -2.27. The van der Waals surface area contributed by atoms with E-state index in [9.17, 15) is 13.6 Å². The third-order valence-electron chi connectivity index (χ3n) is 4.23. The maximum atomic E-state index is 12.5. The van der Waals surface area contributed by atoms with Crippen molar-refractivity contribution in [3.8, 4) is 17.1 Å². The summed E-state index contributed by atoms with van der Waals surface area (Å²) in [4.78, 5) is 16.5. The second-order valence-corrected chi connectivity index (χ2v) is 6.77. The number of nitrogens with zero attached hydrogens (tertiary/aromatic N) is 1. The minimum atomic E-state index is -2.93. The fourth-order valence-electron chi connectivity index (χ4n) is 2.83. The van der Waals surface area contributed by atoms with E-state index >= 15 is 0 Å². The summed E-state index contributed by atoms with van der Waals surface area (Å²) in [5.41, 5.74) is 1.31. The first-order valence-electron chi connectivity index (χ1n) is 8.96. The van der Waals surface area contributed by atoms with Crippen LogP contribution >= 0.6 is 11.6 Å². The summed E-state index contributed by atoms with van der Waals surface area (Å²) in [5, 5.41) is 3.40. The molecule has 1 atom stereocenters. The van der Waals surface area contributed by atoms with Crippen molar-refractivity contribution in [3.05, 3.63) is 71.2 Å². The van der Waals surface area contributed by atoms with Gasteiger partial charge in [-0.25, -0.2) is 4.98 Å². The van der Waals surface area contributed by atoms with Gasteiger partial charge in [-0.05, 0) is 37.3 Å². The molecule has 1 unspecified atom stereocenters. The van der Waals surface area contributed by atoms with Gasteiger partial charge in [0.2, 0.25) is 5.91 Å². The van der Waals surface area contributed by atoms with Crippen molar-refractivity contribution in [2.45, 2.75) is 32.4 Å². The van der Waals surface area contributed by atoms with Gasteiger partial charge in [0.1, 0.15) is 5.75 Å². The van der Waals surface area contributed by atoms with Gasteiger partial charge in [-0.2, -0.15) is 8.78 Å². The summed E-state index contributed by atoms with van der Waals surface area (Å²) in [5.74, 6) is 0.800. The number of benzene rings is 2. The van der Waals surface area contributed by atoms with Crippen molar-refractivity contribution in [3.63, 3.8) is 0 Å². The highest BCUT2D eigenvalue weighted by atomic mass is 35.5. The second-order valence-electron chi connectivity index (χ2n) is 6.33. The number of aromatic nitrogens is 1. The molecule has 1 aromatic heterocycles. The van der Waals surface area contributed by atoms with E-state index in [1.165, 1.54) is 6.07 Å². The number of oxazole rings is 1. The minimum Gasteiger partial charge on any atom is -0.441 e. The highest BCUT2D eigenvalue weighted by molar-refractivity contribution is 6.30. The maximum absolute atomic E-state index is 12.5. The van der Waals surface area contributed by atoms with Gasteiger partial charge in [0.15, 0.2) is 11.7 Å². The fraction of sp³-hybridized carbons (Fsp3) is 0.238. The van der Waals surface area contributed by atoms with Crippen LogP contribution in [0.15, 0.2) is 59.1 Å². The normalized spacial score (nSPS) is 12.0. The highest BCUT2D eigenvalue weighted by Gasteiger charge is 2.17. The molecule has 0 aliphatic heterocycles. The molecular weight excluding hydrogens is 402 g/mol. The number of hydrogen-bond donors (Lipinski definition) is 1. The second kappa shape index (κ2) is 9.52. The number of ether oxygens (including phenoxy) is 1. The Morgan fingerprint density at radius 2 is 1.93 bits per heavy atom. The van der Waals surface area contributed by atoms with Crippen molar-refractivity contribution in [1.29, 1.82) is 0 Å². The van der Waals surface area contributed by atoms with Crippen molar-refractivity contribution >= 4 is 17.5 Å². The lowest BCUT2D eigenvalue weighted by molar-refractivity contribution is -0.121. The Balaban J connectivity index is 1.56. The van der Waals surface area contributed by atoms with Crippen LogP contribution in [-0.2, 0) is 11.2 Å². The molecule has 1 amide bonds. The molecule has 0 fully saturated rings. The number of alkyl halides is 2. The highest BCUT2D eigenvalue weighted by Crippen LogP contribution is 2.26. The number of aryl methyl sites for hydroxylation is 1. The number of nitrogens with one attached hydrogen (secondary N) is 1. The fourth-order valence-corrected chi connectivity index (χ4v) is 2.95. The van der Waals surface area contributed by atoms with E-state index in [1.54, 1.807) is 43.5 Å². The van der Waals surface area contributed by atoms with Gasteiger partial charge in [-0.3, -0.25) is 4.79 Å². The molecular formula is C21H19ClF2N2O3. The smallest absolute Gasteiger partial charge is 0.387 e. The van der Waals surface area contributed by atoms with E-state index in [0.29, 0.717) is 28.7 Å². The first-order valence-corrected chi connectivity index (χ1v) is 9.34. The Morgan fingerprint density at radius 1 is 1.21 bits per heavy atom. The van der Waals surface area contributed by atoms with Crippen LogP contribution in [0.1, 0.15) is 30.8 Å². The van der Waals surface area contributed by atoms with E-state index in [-0.39, 0.29) is 18.1 Å². The van der Waals surface area contributed by atoms with Gasteiger partial charge < -0.3 is 14.5 Å². The van der Waals surface area contributed by atoms with E-state index in [4.69, 9.17) is 16.0 Å². The van der Waals surface area contributed by atoms with Gasteiger partial charge in [0, 0.05) is 29.0 Å². The van der Waals surface area contributed by atoms with E-state index < -0.39 is 12.7 Å². The predicted molar refractivity (Wildman–Crippen MR) is 105 cm³/mol. The van der Waals surface area contributed by atoms with Crippen LogP contribution in [0.2, 0.25) is 5.02 Å². The summed E-state index contributed by atoms with van der Waals surface area (Å²) < 4.78 is 35.3. The quantitative estimate of drug-likeness (QED) is 0.529. The van der Waals surface area contributed by atoms with Crippen LogP contribution in [-0.4, -0.2) is 17.5 Å². The van der Waals surface area contributed by atoms with E-state index in [0.717, 1.165) is 5.56 Å². The molecule has 0 aliphatic rings. The summed E-state index contributed by atoms with van der Waals surface area (Å²) >= 11 is 5.87. The standard InChI is InChI=1S/C21H19ClF2N2O3/c1-13(16-4-2-3-5-17(16)29-21(23)24)26-19(27)10-11-20-25-12-18(28-20)14-6-8-15(22)9-7-14/h2-9,12-13,21H,10-11H2,1H3,(H,26,27). The molecule has 0 spiro atoms. The Morgan fingerprint density at radius 3 is 2.66 bits per heavy atom. The largest absolute Gasteiger partial charge is 0.441 e. The van der Waals surface area contributed by atoms with E-state index in [1.807, 2.05) is 12.1 Å². The SMILES string of the molecule is CC(NC(=O)CCc1ncc(-c2ccc(Cl)cc2)o1)c1ccccc1OC(F)F. The lowest BCUT2D eigenvalue weighted by atomic mass is 10.1. The number of hydrogen-bond acceptors (Lipinski definition) is 4. The maximum Gasteiger partial charge on any atom is 0.387 e. The first-order chi connectivity index (χ1) is 13.9. The Hall–Kier alpha value is -2.93. The van der Waals surface area contributed by atoms with Gasteiger partial charge in [0.05, 0.1) is 12.2 Å². The summed E-state index contributed by atoms with van der Waals surface area (Å²) in [6, 6.07) is 13.0. The van der Waals surface area contributed by atoms with Gasteiger partial charge in [0.25, 0.3) is 0 Å². The van der Waals surface area contributed by atoms with Gasteiger partial charge in [-0.15, -0.1) is 0 Å². The van der Waals surface area contributed by atoms with Crippen molar-refractivity contribution < 1.29 is 22.7 Å². The van der Waals surface area contributed by atoms with E-state index in [2.05, 4.69) is 15.0 Å². The number of rotatable bonds is 8. The molecule has 1 N–H and O–H groups in total. The molecule has 8 heteroatoms. The van der Waals surface area contributed by atoms with Crippen molar-refractivity contribution in [1.82, 2.24) is 10.3 Å². The third-order valence-corrected chi connectivity index (χ3v) is 4.48. The lowest BCUT2D eigenvalue weighted by Gasteiger charge is -2.18. The summed E-state index contributed by atoms with van der Waals surface area (Å²) in [6.45, 7) is -1.23. The molecule has 29 heavy (non-hydrogen) atoms. The average Bonchev–Trinajstić information content (AvgIpc) is 3.16. The molecule has 0 bridgehead atoms. The third kappa shape index (κ3) is 5.77. The average molecular weight is 421 g/mol. The Labute approximate surface area is 171 Å². The van der Waals surface area contributed by atoms with Crippen LogP contribution in [0.3, 0.4) is 0 Å². The minimum absolute atomic E-state index is 0.0376. The first kappa shape index (κ1) is 20.8. The predicted octanol–water partition coefficient (Wildman–Crippen LogP) is 5.41. The van der Waals surface area contributed by atoms with Crippen LogP contribution < -0.4 is 10.1 Å². The van der Waals surface area contributed by atoms with Crippen molar-refractivity contribution in [2.24, 2.45) is 0 Å². The summed E-state index contributed by atoms with van der Waals surface area (Å²) in [7, 11) is 0. The molecule has 5 nitrogen and oxygen atoms in total. The van der Waals surface area contributed by atoms with Gasteiger partial charge in [-0.1, -0.05) is 29.8 Å². The number of carbonyl (C=O) groups excluding carboxylic acids is 1. The molecule has 152 valence electrons. The van der Waals surface area contributed by atoms with Crippen LogP contribution in [0, 0.1) is 0 Å². The molecule has 1 heterocycles. The Bertz CT molecular complexity index is 961. The van der Waals surface area contributed by atoms with Crippen LogP contribution in [0.5, 0.6) is 5.75 Å². The number of halogens is 3. The van der Waals surface area contributed by atoms with Gasteiger partial charge >= 0.3 is 6.61 Å². The topological polar surface area (TPSA) is 64.4 Å². The molecule has 0 saturated heterocycles. The number of para-hydroxylation sites is 1. The molecule has 0 aliphatic carbocycles. The zero-order valence-corrected chi connectivity index (χ0v) is 16.3. The zero-order chi connectivity index (χ0) is 20.8. The number of carbonyl (C=O) groups is 1. The molecule has 3 rings (SSSR count). The van der Waals surface area contributed by atoms with Crippen LogP contribution in [0.25, 0.3) is 11.3 Å². The molecule has 0 saturated carbocycles. The molecule has 2 aromatic carbocycles.